The largest absolute Gasteiger partial charge is 0.466 e. The van der Waals surface area contributed by atoms with Gasteiger partial charge in [0.05, 0.1) is 25.4 Å². The van der Waals surface area contributed by atoms with Gasteiger partial charge in [0.25, 0.3) is 0 Å². The van der Waals surface area contributed by atoms with E-state index in [-0.39, 0.29) is 18.5 Å². The molecule has 378 valence electrons. The highest BCUT2D eigenvalue weighted by atomic mass is 16.5. The molecular weight excluding hydrogens is 791 g/mol. The lowest BCUT2D eigenvalue weighted by atomic mass is 10.0. The molecule has 3 N–H and O–H groups in total. The maximum atomic E-state index is 12.5. The molecule has 0 saturated heterocycles. The van der Waals surface area contributed by atoms with Gasteiger partial charge in [-0.15, -0.1) is 0 Å². The van der Waals surface area contributed by atoms with Crippen molar-refractivity contribution >= 4 is 11.9 Å². The molecular formula is C58H111NO5. The van der Waals surface area contributed by atoms with Crippen LogP contribution in [-0.4, -0.2) is 47.4 Å². The number of esters is 1. The molecule has 0 aromatic heterocycles. The Balaban J connectivity index is 3.46. The second-order valence-corrected chi connectivity index (χ2v) is 19.6. The SMILES string of the molecule is CCCCCC/C=C\CCCCCCCC(=O)OCCCCCCCCCCC/C=C\CCCCCCCC(=O)NC(CO)C(O)CCCCCCCCCCCCCCCCCC. The molecule has 0 rings (SSSR count). The molecule has 2 unspecified atom stereocenters. The monoisotopic (exact) mass is 902 g/mol. The van der Waals surface area contributed by atoms with Crippen LogP contribution in [0.1, 0.15) is 309 Å². The van der Waals surface area contributed by atoms with E-state index in [1.165, 1.54) is 218 Å². The maximum Gasteiger partial charge on any atom is 0.305 e. The van der Waals surface area contributed by atoms with Gasteiger partial charge in [-0.05, 0) is 77.0 Å². The number of hydrogen-bond acceptors (Lipinski definition) is 5. The molecule has 0 heterocycles. The number of aliphatic hydroxyl groups excluding tert-OH is 2. The van der Waals surface area contributed by atoms with E-state index in [9.17, 15) is 19.8 Å². The van der Waals surface area contributed by atoms with Crippen LogP contribution in [0.25, 0.3) is 0 Å². The number of rotatable bonds is 53. The Morgan fingerprint density at radius 3 is 1.12 bits per heavy atom. The molecule has 0 aromatic rings. The Kier molecular flexibility index (Phi) is 52.6. The van der Waals surface area contributed by atoms with Crippen LogP contribution in [0.15, 0.2) is 24.3 Å². The first-order valence-electron chi connectivity index (χ1n) is 28.6. The van der Waals surface area contributed by atoms with Crippen molar-refractivity contribution in [2.24, 2.45) is 0 Å². The van der Waals surface area contributed by atoms with Gasteiger partial charge in [-0.25, -0.2) is 0 Å². The number of unbranched alkanes of at least 4 members (excludes halogenated alkanes) is 38. The molecule has 6 nitrogen and oxygen atoms in total. The van der Waals surface area contributed by atoms with E-state index in [1.807, 2.05) is 0 Å². The highest BCUT2D eigenvalue weighted by Gasteiger charge is 2.20. The quantitative estimate of drug-likeness (QED) is 0.0321. The number of amides is 1. The van der Waals surface area contributed by atoms with Gasteiger partial charge in [-0.2, -0.15) is 0 Å². The highest BCUT2D eigenvalue weighted by Crippen LogP contribution is 2.17. The van der Waals surface area contributed by atoms with Crippen LogP contribution in [0.3, 0.4) is 0 Å². The van der Waals surface area contributed by atoms with Gasteiger partial charge in [0.1, 0.15) is 0 Å². The van der Waals surface area contributed by atoms with Crippen molar-refractivity contribution in [1.82, 2.24) is 5.32 Å². The molecule has 1 amide bonds. The topological polar surface area (TPSA) is 95.9 Å². The fourth-order valence-corrected chi connectivity index (χ4v) is 8.81. The minimum absolute atomic E-state index is 0.00613. The molecule has 64 heavy (non-hydrogen) atoms. The van der Waals surface area contributed by atoms with Gasteiger partial charge in [-0.3, -0.25) is 9.59 Å². The summed E-state index contributed by atoms with van der Waals surface area (Å²) in [5.74, 6) is -0.0541. The van der Waals surface area contributed by atoms with Gasteiger partial charge in [0.2, 0.25) is 5.91 Å². The molecule has 0 aliphatic heterocycles. The molecule has 0 bridgehead atoms. The molecule has 0 saturated carbocycles. The predicted molar refractivity (Wildman–Crippen MR) is 278 cm³/mol. The molecule has 0 aromatic carbocycles. The van der Waals surface area contributed by atoms with Gasteiger partial charge < -0.3 is 20.3 Å². The van der Waals surface area contributed by atoms with Crippen LogP contribution in [0.2, 0.25) is 0 Å². The fraction of sp³-hybridized carbons (Fsp3) is 0.897. The Morgan fingerprint density at radius 2 is 0.734 bits per heavy atom. The minimum atomic E-state index is -0.673. The van der Waals surface area contributed by atoms with E-state index >= 15 is 0 Å². The van der Waals surface area contributed by atoms with Crippen molar-refractivity contribution in [3.8, 4) is 0 Å². The van der Waals surface area contributed by atoms with Crippen molar-refractivity contribution in [1.29, 1.82) is 0 Å². The summed E-state index contributed by atoms with van der Waals surface area (Å²) in [5, 5.41) is 23.3. The summed E-state index contributed by atoms with van der Waals surface area (Å²) in [5.41, 5.74) is 0. The zero-order valence-corrected chi connectivity index (χ0v) is 43.0. The summed E-state index contributed by atoms with van der Waals surface area (Å²) in [7, 11) is 0. The first-order chi connectivity index (χ1) is 31.5. The zero-order valence-electron chi connectivity index (χ0n) is 43.0. The molecule has 6 heteroatoms. The van der Waals surface area contributed by atoms with Gasteiger partial charge in [-0.1, -0.05) is 244 Å². The van der Waals surface area contributed by atoms with E-state index in [2.05, 4.69) is 43.5 Å². The number of ether oxygens (including phenoxy) is 1. The first-order valence-corrected chi connectivity index (χ1v) is 28.6. The summed E-state index contributed by atoms with van der Waals surface area (Å²) < 4.78 is 5.46. The fourth-order valence-electron chi connectivity index (χ4n) is 8.81. The summed E-state index contributed by atoms with van der Waals surface area (Å²) in [6, 6.07) is -0.551. The van der Waals surface area contributed by atoms with Crippen LogP contribution in [0, 0.1) is 0 Å². The molecule has 0 spiro atoms. The summed E-state index contributed by atoms with van der Waals surface area (Å²) in [4.78, 5) is 24.5. The van der Waals surface area contributed by atoms with Crippen molar-refractivity contribution in [2.45, 2.75) is 321 Å². The van der Waals surface area contributed by atoms with E-state index in [0.717, 1.165) is 57.8 Å². The van der Waals surface area contributed by atoms with Gasteiger partial charge >= 0.3 is 5.97 Å². The first kappa shape index (κ1) is 62.3. The van der Waals surface area contributed by atoms with Crippen LogP contribution >= 0.6 is 0 Å². The van der Waals surface area contributed by atoms with E-state index in [0.29, 0.717) is 25.9 Å². The van der Waals surface area contributed by atoms with E-state index in [1.54, 1.807) is 0 Å². The van der Waals surface area contributed by atoms with Crippen LogP contribution in [0.4, 0.5) is 0 Å². The zero-order chi connectivity index (χ0) is 46.5. The third-order valence-electron chi connectivity index (χ3n) is 13.2. The number of allylic oxidation sites excluding steroid dienone is 4. The summed E-state index contributed by atoms with van der Waals surface area (Å²) >= 11 is 0. The predicted octanol–water partition coefficient (Wildman–Crippen LogP) is 17.5. The van der Waals surface area contributed by atoms with Crippen molar-refractivity contribution in [3.05, 3.63) is 24.3 Å². The third kappa shape index (κ3) is 49.8. The second kappa shape index (κ2) is 54.0. The Bertz CT molecular complexity index is 997. The Hall–Kier alpha value is -1.66. The average molecular weight is 903 g/mol. The lowest BCUT2D eigenvalue weighted by molar-refractivity contribution is -0.143. The van der Waals surface area contributed by atoms with Crippen molar-refractivity contribution in [2.75, 3.05) is 13.2 Å². The molecule has 0 aliphatic carbocycles. The molecule has 0 fully saturated rings. The van der Waals surface area contributed by atoms with Crippen LogP contribution in [-0.2, 0) is 14.3 Å². The minimum Gasteiger partial charge on any atom is -0.466 e. The maximum absolute atomic E-state index is 12.5. The van der Waals surface area contributed by atoms with Crippen molar-refractivity contribution in [3.63, 3.8) is 0 Å². The van der Waals surface area contributed by atoms with Crippen LogP contribution < -0.4 is 5.32 Å². The number of hydrogen-bond donors (Lipinski definition) is 3. The smallest absolute Gasteiger partial charge is 0.305 e. The molecule has 0 radical (unpaired) electrons. The Labute approximate surface area is 399 Å². The average Bonchev–Trinajstić information content (AvgIpc) is 3.29. The number of nitrogens with one attached hydrogen (secondary N) is 1. The molecule has 2 atom stereocenters. The van der Waals surface area contributed by atoms with E-state index in [4.69, 9.17) is 4.74 Å². The second-order valence-electron chi connectivity index (χ2n) is 19.6. The lowest BCUT2D eigenvalue weighted by Crippen LogP contribution is -2.45. The number of carbonyl (C=O) groups excluding carboxylic acids is 2. The Morgan fingerprint density at radius 1 is 0.422 bits per heavy atom. The van der Waals surface area contributed by atoms with E-state index < -0.39 is 12.1 Å². The number of aliphatic hydroxyl groups is 2. The molecule has 0 aliphatic rings. The van der Waals surface area contributed by atoms with Crippen LogP contribution in [0.5, 0.6) is 0 Å². The highest BCUT2D eigenvalue weighted by molar-refractivity contribution is 5.76. The standard InChI is InChI=1S/C58H111NO5/c1-3-5-7-9-11-13-15-17-18-23-27-30-34-38-42-46-50-56(61)55(54-60)59-57(62)51-47-43-39-35-31-28-24-21-19-20-22-25-29-33-37-41-45-49-53-64-58(63)52-48-44-40-36-32-26-16-14-12-10-8-6-4-2/h14,16,21,24,55-56,60-61H,3-13,15,17-20,22-23,25-54H2,1-2H3,(H,59,62)/b16-14-,24-21-. The third-order valence-corrected chi connectivity index (χ3v) is 13.2. The summed E-state index contributed by atoms with van der Waals surface area (Å²) in [6.07, 6.45) is 64.5. The normalized spacial score (nSPS) is 12.8. The summed E-state index contributed by atoms with van der Waals surface area (Å²) in [6.45, 7) is 4.93. The van der Waals surface area contributed by atoms with Crippen molar-refractivity contribution < 1.29 is 24.5 Å². The number of carbonyl (C=O) groups is 2. The lowest BCUT2D eigenvalue weighted by Gasteiger charge is -2.22. The van der Waals surface area contributed by atoms with Gasteiger partial charge in [0, 0.05) is 12.8 Å². The van der Waals surface area contributed by atoms with Gasteiger partial charge in [0.15, 0.2) is 0 Å².